The summed E-state index contributed by atoms with van der Waals surface area (Å²) in [5, 5.41) is 2.68. The van der Waals surface area contributed by atoms with Gasteiger partial charge in [-0.25, -0.2) is 0 Å². The van der Waals surface area contributed by atoms with Crippen molar-refractivity contribution in [2.24, 2.45) is 5.73 Å². The van der Waals surface area contributed by atoms with Crippen LogP contribution in [0.5, 0.6) is 0 Å². The maximum absolute atomic E-state index is 5.65. The van der Waals surface area contributed by atoms with Crippen molar-refractivity contribution in [3.05, 3.63) is 47.5 Å². The molecule has 0 aliphatic carbocycles. The van der Waals surface area contributed by atoms with Crippen LogP contribution in [0.3, 0.4) is 0 Å². The van der Waals surface area contributed by atoms with E-state index in [1.807, 2.05) is 0 Å². The van der Waals surface area contributed by atoms with E-state index in [2.05, 4.69) is 50.2 Å². The fourth-order valence-corrected chi connectivity index (χ4v) is 2.09. The van der Waals surface area contributed by atoms with Gasteiger partial charge in [0, 0.05) is 0 Å². The Hall–Kier alpha value is -1.34. The van der Waals surface area contributed by atoms with Crippen molar-refractivity contribution >= 4 is 10.8 Å². The Balaban J connectivity index is 2.59. The van der Waals surface area contributed by atoms with Crippen LogP contribution in [0, 0.1) is 0 Å². The van der Waals surface area contributed by atoms with Crippen molar-refractivity contribution in [2.75, 3.05) is 6.54 Å². The topological polar surface area (TPSA) is 26.0 Å². The molecule has 2 aromatic rings. The third-order valence-electron chi connectivity index (χ3n) is 3.08. The smallest absolute Gasteiger partial charge is 0.00365 e. The van der Waals surface area contributed by atoms with E-state index < -0.39 is 0 Å². The summed E-state index contributed by atoms with van der Waals surface area (Å²) in [6.45, 7) is 5.17. The third kappa shape index (κ3) is 2.10. The van der Waals surface area contributed by atoms with E-state index in [0.717, 1.165) is 6.42 Å². The SMILES string of the molecule is CC(C)c1ccc2cccc(CCN)c2c1. The first kappa shape index (κ1) is 11.2. The molecule has 2 N–H and O–H groups in total. The van der Waals surface area contributed by atoms with Crippen molar-refractivity contribution in [1.82, 2.24) is 0 Å². The van der Waals surface area contributed by atoms with Gasteiger partial charge in [-0.2, -0.15) is 0 Å². The number of rotatable bonds is 3. The summed E-state index contributed by atoms with van der Waals surface area (Å²) < 4.78 is 0. The molecule has 0 spiro atoms. The minimum atomic E-state index is 0.579. The molecule has 0 radical (unpaired) electrons. The van der Waals surface area contributed by atoms with Crippen LogP contribution in [0.15, 0.2) is 36.4 Å². The van der Waals surface area contributed by atoms with Crippen LogP contribution in [0.25, 0.3) is 10.8 Å². The lowest BCUT2D eigenvalue weighted by Gasteiger charge is -2.10. The maximum Gasteiger partial charge on any atom is -0.00365 e. The van der Waals surface area contributed by atoms with Gasteiger partial charge in [0.2, 0.25) is 0 Å². The first-order valence-corrected chi connectivity index (χ1v) is 5.94. The molecule has 0 aliphatic heterocycles. The Morgan fingerprint density at radius 2 is 1.94 bits per heavy atom. The fraction of sp³-hybridized carbons (Fsp3) is 0.333. The van der Waals surface area contributed by atoms with E-state index in [-0.39, 0.29) is 0 Å². The zero-order valence-corrected chi connectivity index (χ0v) is 10.0. The highest BCUT2D eigenvalue weighted by molar-refractivity contribution is 5.86. The summed E-state index contributed by atoms with van der Waals surface area (Å²) in [6, 6.07) is 13.2. The number of nitrogens with two attached hydrogens (primary N) is 1. The summed E-state index contributed by atoms with van der Waals surface area (Å²) in [5.74, 6) is 0.579. The van der Waals surface area contributed by atoms with Gasteiger partial charge in [-0.3, -0.25) is 0 Å². The van der Waals surface area contributed by atoms with Crippen molar-refractivity contribution in [1.29, 1.82) is 0 Å². The Morgan fingerprint density at radius 1 is 1.12 bits per heavy atom. The molecule has 0 unspecified atom stereocenters. The van der Waals surface area contributed by atoms with Crippen LogP contribution in [-0.2, 0) is 6.42 Å². The van der Waals surface area contributed by atoms with Gasteiger partial charge in [0.1, 0.15) is 0 Å². The van der Waals surface area contributed by atoms with Crippen LogP contribution in [0.4, 0.5) is 0 Å². The van der Waals surface area contributed by atoms with E-state index in [1.165, 1.54) is 21.9 Å². The molecule has 84 valence electrons. The lowest BCUT2D eigenvalue weighted by atomic mass is 9.96. The van der Waals surface area contributed by atoms with Crippen molar-refractivity contribution < 1.29 is 0 Å². The van der Waals surface area contributed by atoms with Crippen molar-refractivity contribution in [2.45, 2.75) is 26.2 Å². The molecule has 0 fully saturated rings. The lowest BCUT2D eigenvalue weighted by molar-refractivity contribution is 0.868. The fourth-order valence-electron chi connectivity index (χ4n) is 2.09. The van der Waals surface area contributed by atoms with Crippen LogP contribution in [0.1, 0.15) is 30.9 Å². The summed E-state index contributed by atoms with van der Waals surface area (Å²) in [6.07, 6.45) is 0.957. The summed E-state index contributed by atoms with van der Waals surface area (Å²) in [4.78, 5) is 0. The van der Waals surface area contributed by atoms with Gasteiger partial charge in [0.05, 0.1) is 0 Å². The van der Waals surface area contributed by atoms with Gasteiger partial charge in [-0.15, -0.1) is 0 Å². The van der Waals surface area contributed by atoms with Gasteiger partial charge in [-0.1, -0.05) is 50.2 Å². The first-order chi connectivity index (χ1) is 7.72. The summed E-state index contributed by atoms with van der Waals surface area (Å²) in [5.41, 5.74) is 8.41. The second-order valence-electron chi connectivity index (χ2n) is 4.59. The van der Waals surface area contributed by atoms with E-state index >= 15 is 0 Å². The standard InChI is InChI=1S/C15H19N/c1-11(2)14-7-6-12-4-3-5-13(8-9-16)15(12)10-14/h3-7,10-11H,8-9,16H2,1-2H3. The predicted octanol–water partition coefficient (Wildman–Crippen LogP) is 3.46. The van der Waals surface area contributed by atoms with Crippen LogP contribution in [-0.4, -0.2) is 6.54 Å². The molecule has 0 atom stereocenters. The van der Waals surface area contributed by atoms with E-state index in [4.69, 9.17) is 5.73 Å². The Labute approximate surface area is 97.3 Å². The second-order valence-corrected chi connectivity index (χ2v) is 4.59. The van der Waals surface area contributed by atoms with Gasteiger partial charge in [-0.05, 0) is 40.8 Å². The van der Waals surface area contributed by atoms with Crippen LogP contribution >= 0.6 is 0 Å². The largest absolute Gasteiger partial charge is 0.330 e. The summed E-state index contributed by atoms with van der Waals surface area (Å²) in [7, 11) is 0. The van der Waals surface area contributed by atoms with E-state index in [9.17, 15) is 0 Å². The Bertz CT molecular complexity index is 486. The average Bonchev–Trinajstić information content (AvgIpc) is 2.29. The summed E-state index contributed by atoms with van der Waals surface area (Å²) >= 11 is 0. The molecule has 0 heterocycles. The van der Waals surface area contributed by atoms with Gasteiger partial charge in [0.25, 0.3) is 0 Å². The normalized spacial score (nSPS) is 11.2. The minimum absolute atomic E-state index is 0.579. The Morgan fingerprint density at radius 3 is 2.62 bits per heavy atom. The first-order valence-electron chi connectivity index (χ1n) is 5.94. The number of hydrogen-bond acceptors (Lipinski definition) is 1. The zero-order valence-electron chi connectivity index (χ0n) is 10.0. The molecule has 2 aromatic carbocycles. The molecule has 0 aromatic heterocycles. The van der Waals surface area contributed by atoms with Crippen molar-refractivity contribution in [3.8, 4) is 0 Å². The maximum atomic E-state index is 5.65. The number of fused-ring (bicyclic) bond motifs is 1. The number of hydrogen-bond donors (Lipinski definition) is 1. The lowest BCUT2D eigenvalue weighted by Crippen LogP contribution is -2.03. The highest BCUT2D eigenvalue weighted by atomic mass is 14.5. The molecule has 0 bridgehead atoms. The Kier molecular flexibility index (Phi) is 3.25. The van der Waals surface area contributed by atoms with E-state index in [1.54, 1.807) is 0 Å². The quantitative estimate of drug-likeness (QED) is 0.830. The highest BCUT2D eigenvalue weighted by Crippen LogP contribution is 2.24. The van der Waals surface area contributed by atoms with E-state index in [0.29, 0.717) is 12.5 Å². The molecular weight excluding hydrogens is 194 g/mol. The number of benzene rings is 2. The molecule has 1 heteroatoms. The molecule has 0 saturated carbocycles. The zero-order chi connectivity index (χ0) is 11.5. The average molecular weight is 213 g/mol. The molecule has 0 amide bonds. The van der Waals surface area contributed by atoms with Gasteiger partial charge in [0.15, 0.2) is 0 Å². The van der Waals surface area contributed by atoms with Crippen molar-refractivity contribution in [3.63, 3.8) is 0 Å². The third-order valence-corrected chi connectivity index (χ3v) is 3.08. The minimum Gasteiger partial charge on any atom is -0.330 e. The van der Waals surface area contributed by atoms with Gasteiger partial charge >= 0.3 is 0 Å². The molecular formula is C15H19N. The van der Waals surface area contributed by atoms with Crippen LogP contribution in [0.2, 0.25) is 0 Å². The molecule has 16 heavy (non-hydrogen) atoms. The molecule has 0 saturated heterocycles. The van der Waals surface area contributed by atoms with Gasteiger partial charge < -0.3 is 5.73 Å². The molecule has 0 aliphatic rings. The molecule has 2 rings (SSSR count). The monoisotopic (exact) mass is 213 g/mol. The van der Waals surface area contributed by atoms with Crippen LogP contribution < -0.4 is 5.73 Å². The molecule has 1 nitrogen and oxygen atoms in total. The highest BCUT2D eigenvalue weighted by Gasteiger charge is 2.03. The second kappa shape index (κ2) is 4.67. The predicted molar refractivity (Wildman–Crippen MR) is 70.8 cm³/mol.